The number of hydrogen-bond acceptors (Lipinski definition) is 3. The lowest BCUT2D eigenvalue weighted by atomic mass is 10.1. The summed E-state index contributed by atoms with van der Waals surface area (Å²) < 4.78 is 5.69. The molecule has 0 spiro atoms. The van der Waals surface area contributed by atoms with Crippen LogP contribution in [0.15, 0.2) is 47.6 Å². The number of benzene rings is 2. The molecule has 0 atom stereocenters. The molecule has 0 unspecified atom stereocenters. The standard InChI is InChI=1S/C15H15ClN2O2/c1-10-8-12(6-7-13(10)15(17)18-19)20-9-11-4-2-3-5-14(11)16/h2-8,19H,9H2,1H3,(H2,17,18). The molecule has 104 valence electrons. The van der Waals surface area contributed by atoms with Gasteiger partial charge in [0, 0.05) is 16.1 Å². The summed E-state index contributed by atoms with van der Waals surface area (Å²) in [7, 11) is 0. The third-order valence-electron chi connectivity index (χ3n) is 2.93. The van der Waals surface area contributed by atoms with E-state index in [0.717, 1.165) is 11.1 Å². The van der Waals surface area contributed by atoms with Crippen LogP contribution in [0, 0.1) is 6.92 Å². The van der Waals surface area contributed by atoms with E-state index in [1.54, 1.807) is 12.1 Å². The third kappa shape index (κ3) is 3.22. The molecule has 4 nitrogen and oxygen atoms in total. The molecule has 5 heteroatoms. The zero-order valence-electron chi connectivity index (χ0n) is 11.0. The Labute approximate surface area is 122 Å². The van der Waals surface area contributed by atoms with Crippen molar-refractivity contribution < 1.29 is 9.94 Å². The highest BCUT2D eigenvalue weighted by atomic mass is 35.5. The van der Waals surface area contributed by atoms with E-state index in [9.17, 15) is 0 Å². The number of rotatable bonds is 4. The molecule has 0 aromatic heterocycles. The maximum absolute atomic E-state index is 8.68. The van der Waals surface area contributed by atoms with Gasteiger partial charge in [-0.05, 0) is 36.8 Å². The summed E-state index contributed by atoms with van der Waals surface area (Å²) in [6, 6.07) is 12.9. The monoisotopic (exact) mass is 290 g/mol. The Hall–Kier alpha value is -2.20. The number of nitrogens with two attached hydrogens (primary N) is 1. The number of ether oxygens (including phenoxy) is 1. The Bertz CT molecular complexity index is 642. The molecular weight excluding hydrogens is 276 g/mol. The van der Waals surface area contributed by atoms with Gasteiger partial charge in [0.05, 0.1) is 0 Å². The summed E-state index contributed by atoms with van der Waals surface area (Å²) in [6.45, 7) is 2.26. The number of halogens is 1. The van der Waals surface area contributed by atoms with Crippen molar-refractivity contribution in [2.24, 2.45) is 10.9 Å². The number of amidine groups is 1. The van der Waals surface area contributed by atoms with Crippen molar-refractivity contribution in [3.8, 4) is 5.75 Å². The van der Waals surface area contributed by atoms with Crippen molar-refractivity contribution in [3.05, 3.63) is 64.2 Å². The van der Waals surface area contributed by atoms with Gasteiger partial charge < -0.3 is 15.7 Å². The predicted molar refractivity (Wildman–Crippen MR) is 79.5 cm³/mol. The molecule has 0 aliphatic carbocycles. The Balaban J connectivity index is 2.12. The highest BCUT2D eigenvalue weighted by Gasteiger charge is 2.06. The fourth-order valence-corrected chi connectivity index (χ4v) is 2.03. The molecular formula is C15H15ClN2O2. The maximum atomic E-state index is 8.68. The van der Waals surface area contributed by atoms with Crippen molar-refractivity contribution in [1.82, 2.24) is 0 Å². The second kappa shape index (κ2) is 6.30. The Kier molecular flexibility index (Phi) is 4.48. The molecule has 0 amide bonds. The highest BCUT2D eigenvalue weighted by Crippen LogP contribution is 2.21. The van der Waals surface area contributed by atoms with Crippen LogP contribution in [0.5, 0.6) is 5.75 Å². The van der Waals surface area contributed by atoms with Crippen molar-refractivity contribution in [1.29, 1.82) is 0 Å². The first-order valence-corrected chi connectivity index (χ1v) is 6.44. The van der Waals surface area contributed by atoms with Gasteiger partial charge in [0.1, 0.15) is 12.4 Å². The van der Waals surface area contributed by atoms with E-state index in [0.29, 0.717) is 22.9 Å². The summed E-state index contributed by atoms with van der Waals surface area (Å²) in [5.41, 5.74) is 8.05. The van der Waals surface area contributed by atoms with Crippen LogP contribution in [0.2, 0.25) is 5.02 Å². The molecule has 20 heavy (non-hydrogen) atoms. The fraction of sp³-hybridized carbons (Fsp3) is 0.133. The van der Waals surface area contributed by atoms with E-state index in [1.165, 1.54) is 0 Å². The SMILES string of the molecule is Cc1cc(OCc2ccccc2Cl)ccc1/C(N)=N/O. The van der Waals surface area contributed by atoms with Crippen LogP contribution in [0.3, 0.4) is 0 Å². The quantitative estimate of drug-likeness (QED) is 0.393. The molecule has 0 fully saturated rings. The van der Waals surface area contributed by atoms with E-state index in [2.05, 4.69) is 5.16 Å². The first kappa shape index (κ1) is 14.2. The maximum Gasteiger partial charge on any atom is 0.170 e. The van der Waals surface area contributed by atoms with Gasteiger partial charge in [-0.25, -0.2) is 0 Å². The molecule has 2 rings (SSSR count). The number of nitrogens with zero attached hydrogens (tertiary/aromatic N) is 1. The topological polar surface area (TPSA) is 67.8 Å². The van der Waals surface area contributed by atoms with E-state index >= 15 is 0 Å². The first-order valence-electron chi connectivity index (χ1n) is 6.06. The van der Waals surface area contributed by atoms with E-state index < -0.39 is 0 Å². The smallest absolute Gasteiger partial charge is 0.170 e. The average Bonchev–Trinajstić information content (AvgIpc) is 2.46. The lowest BCUT2D eigenvalue weighted by molar-refractivity contribution is 0.306. The average molecular weight is 291 g/mol. The summed E-state index contributed by atoms with van der Waals surface area (Å²) in [6.07, 6.45) is 0. The van der Waals surface area contributed by atoms with E-state index in [4.69, 9.17) is 27.3 Å². The molecule has 0 aliphatic rings. The van der Waals surface area contributed by atoms with Crippen LogP contribution in [0.4, 0.5) is 0 Å². The zero-order valence-corrected chi connectivity index (χ0v) is 11.8. The van der Waals surface area contributed by atoms with Gasteiger partial charge in [-0.15, -0.1) is 0 Å². The molecule has 2 aromatic rings. The van der Waals surface area contributed by atoms with Crippen LogP contribution < -0.4 is 10.5 Å². The summed E-state index contributed by atoms with van der Waals surface area (Å²) in [4.78, 5) is 0. The highest BCUT2D eigenvalue weighted by molar-refractivity contribution is 6.31. The van der Waals surface area contributed by atoms with Crippen molar-refractivity contribution in [3.63, 3.8) is 0 Å². The lowest BCUT2D eigenvalue weighted by Crippen LogP contribution is -2.14. The number of hydrogen-bond donors (Lipinski definition) is 2. The molecule has 0 bridgehead atoms. The zero-order chi connectivity index (χ0) is 14.5. The molecule has 0 saturated carbocycles. The minimum atomic E-state index is 0.0835. The summed E-state index contributed by atoms with van der Waals surface area (Å²) in [5, 5.41) is 12.4. The Morgan fingerprint density at radius 2 is 2.05 bits per heavy atom. The van der Waals surface area contributed by atoms with E-state index in [1.807, 2.05) is 37.3 Å². The van der Waals surface area contributed by atoms with E-state index in [-0.39, 0.29) is 5.84 Å². The summed E-state index contributed by atoms with van der Waals surface area (Å²) >= 11 is 6.07. The van der Waals surface area contributed by atoms with Crippen LogP contribution >= 0.6 is 11.6 Å². The molecule has 3 N–H and O–H groups in total. The van der Waals surface area contributed by atoms with Gasteiger partial charge in [0.2, 0.25) is 0 Å². The van der Waals surface area contributed by atoms with Gasteiger partial charge in [0.15, 0.2) is 5.84 Å². The van der Waals surface area contributed by atoms with Crippen molar-refractivity contribution >= 4 is 17.4 Å². The van der Waals surface area contributed by atoms with Gasteiger partial charge >= 0.3 is 0 Å². The Morgan fingerprint density at radius 3 is 2.70 bits per heavy atom. The van der Waals surface area contributed by atoms with Gasteiger partial charge in [-0.3, -0.25) is 0 Å². The predicted octanol–water partition coefficient (Wildman–Crippen LogP) is 3.32. The molecule has 0 heterocycles. The van der Waals surface area contributed by atoms with Gasteiger partial charge in [-0.1, -0.05) is 35.0 Å². The molecule has 2 aromatic carbocycles. The molecule has 0 aliphatic heterocycles. The second-order valence-electron chi connectivity index (χ2n) is 4.34. The van der Waals surface area contributed by atoms with Gasteiger partial charge in [0.25, 0.3) is 0 Å². The van der Waals surface area contributed by atoms with Crippen molar-refractivity contribution in [2.75, 3.05) is 0 Å². The third-order valence-corrected chi connectivity index (χ3v) is 3.30. The number of aryl methyl sites for hydroxylation is 1. The minimum absolute atomic E-state index is 0.0835. The van der Waals surface area contributed by atoms with Crippen LogP contribution in [0.1, 0.15) is 16.7 Å². The van der Waals surface area contributed by atoms with Crippen LogP contribution in [0.25, 0.3) is 0 Å². The minimum Gasteiger partial charge on any atom is -0.489 e. The summed E-state index contributed by atoms with van der Waals surface area (Å²) in [5.74, 6) is 0.789. The van der Waals surface area contributed by atoms with Gasteiger partial charge in [-0.2, -0.15) is 0 Å². The first-order chi connectivity index (χ1) is 9.61. The lowest BCUT2D eigenvalue weighted by Gasteiger charge is -2.10. The number of oxime groups is 1. The van der Waals surface area contributed by atoms with Crippen molar-refractivity contribution in [2.45, 2.75) is 13.5 Å². The molecule has 0 saturated heterocycles. The van der Waals surface area contributed by atoms with Crippen LogP contribution in [-0.4, -0.2) is 11.0 Å². The largest absolute Gasteiger partial charge is 0.489 e. The normalized spacial score (nSPS) is 11.4. The second-order valence-corrected chi connectivity index (χ2v) is 4.75. The Morgan fingerprint density at radius 1 is 1.30 bits per heavy atom. The van der Waals surface area contributed by atoms with Crippen LogP contribution in [-0.2, 0) is 6.61 Å². The molecule has 0 radical (unpaired) electrons. The fourth-order valence-electron chi connectivity index (χ4n) is 1.84.